The molecule has 3 nitrogen and oxygen atoms in total. The third kappa shape index (κ3) is 2.75. The van der Waals surface area contributed by atoms with Gasteiger partial charge in [-0.05, 0) is 23.1 Å². The lowest BCUT2D eigenvalue weighted by atomic mass is 9.75. The first kappa shape index (κ1) is 18.2. The van der Waals surface area contributed by atoms with Crippen LogP contribution in [0.15, 0.2) is 91.0 Å². The Morgan fingerprint density at radius 2 is 1.14 bits per heavy atom. The van der Waals surface area contributed by atoms with Crippen molar-refractivity contribution in [1.82, 2.24) is 4.90 Å². The molecule has 0 aliphatic carbocycles. The number of hydrogen-bond donors (Lipinski definition) is 0. The Morgan fingerprint density at radius 3 is 1.46 bits per heavy atom. The zero-order chi connectivity index (χ0) is 19.6. The number of likely N-dealkylation sites (tertiary alicyclic amines) is 1. The number of hydrogen-bond acceptors (Lipinski definition) is 2. The highest BCUT2D eigenvalue weighted by Gasteiger charge is 2.52. The van der Waals surface area contributed by atoms with Gasteiger partial charge in [0, 0.05) is 12.3 Å². The molecule has 1 fully saturated rings. The van der Waals surface area contributed by atoms with Gasteiger partial charge in [-0.2, -0.15) is 0 Å². The molecule has 140 valence electrons. The Kier molecular flexibility index (Phi) is 4.82. The molecule has 1 heterocycles. The molecule has 3 aromatic rings. The van der Waals surface area contributed by atoms with E-state index in [0.717, 1.165) is 16.7 Å². The van der Waals surface area contributed by atoms with Crippen LogP contribution in [-0.2, 0) is 15.1 Å². The van der Waals surface area contributed by atoms with Crippen molar-refractivity contribution in [3.05, 3.63) is 108 Å². The second-order valence-corrected chi connectivity index (χ2v) is 7.19. The first-order chi connectivity index (χ1) is 13.7. The Hall–Kier alpha value is -3.20. The molecule has 0 N–H and O–H groups in total. The van der Waals surface area contributed by atoms with Crippen molar-refractivity contribution in [3.8, 4) is 0 Å². The largest absolute Gasteiger partial charge is 0.274 e. The number of rotatable bonds is 5. The quantitative estimate of drug-likeness (QED) is 0.480. The van der Waals surface area contributed by atoms with Gasteiger partial charge in [-0.15, -0.1) is 0 Å². The molecule has 0 aromatic heterocycles. The van der Waals surface area contributed by atoms with Crippen LogP contribution >= 0.6 is 0 Å². The van der Waals surface area contributed by atoms with Crippen molar-refractivity contribution >= 4 is 11.8 Å². The van der Waals surface area contributed by atoms with E-state index in [1.54, 1.807) is 0 Å². The van der Waals surface area contributed by atoms with E-state index in [9.17, 15) is 9.59 Å². The summed E-state index contributed by atoms with van der Waals surface area (Å²) >= 11 is 0. The van der Waals surface area contributed by atoms with E-state index in [0.29, 0.717) is 6.42 Å². The average molecular weight is 369 g/mol. The van der Waals surface area contributed by atoms with Crippen molar-refractivity contribution < 1.29 is 9.59 Å². The second-order valence-electron chi connectivity index (χ2n) is 7.19. The molecule has 1 atom stereocenters. The summed E-state index contributed by atoms with van der Waals surface area (Å²) in [5.41, 5.74) is 1.74. The summed E-state index contributed by atoms with van der Waals surface area (Å²) in [7, 11) is 0. The standard InChI is InChI=1S/C25H23NO2/c1-2-19-18-23(27)26(24(19)28)25(20-12-6-3-7-13-20,21-14-8-4-9-15-21)22-16-10-5-11-17-22/h3-17,19H,2,18H2,1H3. The summed E-state index contributed by atoms with van der Waals surface area (Å²) in [4.78, 5) is 28.2. The molecule has 1 aliphatic heterocycles. The minimum absolute atomic E-state index is 0.0935. The number of benzene rings is 3. The van der Waals surface area contributed by atoms with Gasteiger partial charge < -0.3 is 0 Å². The van der Waals surface area contributed by atoms with Gasteiger partial charge in [-0.25, -0.2) is 0 Å². The molecule has 2 amide bonds. The van der Waals surface area contributed by atoms with E-state index >= 15 is 0 Å². The second kappa shape index (κ2) is 7.43. The van der Waals surface area contributed by atoms with E-state index in [4.69, 9.17) is 0 Å². The molecule has 0 bridgehead atoms. The Balaban J connectivity index is 2.08. The summed E-state index contributed by atoms with van der Waals surface area (Å²) in [5.74, 6) is -0.472. The molecule has 0 radical (unpaired) electrons. The van der Waals surface area contributed by atoms with Crippen molar-refractivity contribution in [3.63, 3.8) is 0 Å². The molecular formula is C25H23NO2. The van der Waals surface area contributed by atoms with Gasteiger partial charge in [0.15, 0.2) is 0 Å². The topological polar surface area (TPSA) is 37.4 Å². The van der Waals surface area contributed by atoms with Gasteiger partial charge in [0.1, 0.15) is 5.54 Å². The van der Waals surface area contributed by atoms with Gasteiger partial charge >= 0.3 is 0 Å². The molecular weight excluding hydrogens is 346 g/mol. The first-order valence-corrected chi connectivity index (χ1v) is 9.73. The van der Waals surface area contributed by atoms with E-state index in [2.05, 4.69) is 0 Å². The van der Waals surface area contributed by atoms with Gasteiger partial charge in [0.2, 0.25) is 11.8 Å². The van der Waals surface area contributed by atoms with Crippen LogP contribution < -0.4 is 0 Å². The third-order valence-corrected chi connectivity index (χ3v) is 5.64. The van der Waals surface area contributed by atoms with E-state index in [1.165, 1.54) is 4.90 Å². The van der Waals surface area contributed by atoms with E-state index < -0.39 is 5.54 Å². The fraction of sp³-hybridized carbons (Fsp3) is 0.200. The van der Waals surface area contributed by atoms with Crippen molar-refractivity contribution in [2.75, 3.05) is 0 Å². The maximum atomic E-state index is 13.4. The average Bonchev–Trinajstić information content (AvgIpc) is 3.05. The van der Waals surface area contributed by atoms with E-state index in [1.807, 2.05) is 97.9 Å². The van der Waals surface area contributed by atoms with Gasteiger partial charge in [0.25, 0.3) is 0 Å². The summed E-state index contributed by atoms with van der Waals surface area (Å²) in [6.45, 7) is 1.97. The molecule has 4 rings (SSSR count). The minimum Gasteiger partial charge on any atom is -0.274 e. The van der Waals surface area contributed by atoms with Crippen LogP contribution in [0.3, 0.4) is 0 Å². The molecule has 1 aliphatic rings. The molecule has 3 heteroatoms. The van der Waals surface area contributed by atoms with Crippen LogP contribution in [0.1, 0.15) is 36.5 Å². The number of carbonyl (C=O) groups is 2. The smallest absolute Gasteiger partial charge is 0.234 e. The fourth-order valence-corrected chi connectivity index (χ4v) is 4.29. The predicted molar refractivity (Wildman–Crippen MR) is 109 cm³/mol. The van der Waals surface area contributed by atoms with Crippen molar-refractivity contribution in [2.24, 2.45) is 5.92 Å². The number of amides is 2. The SMILES string of the molecule is CCC1CC(=O)N(C(c2ccccc2)(c2ccccc2)c2ccccc2)C1=O. The third-order valence-electron chi connectivity index (χ3n) is 5.64. The van der Waals surface area contributed by atoms with Crippen LogP contribution in [0.25, 0.3) is 0 Å². The van der Waals surface area contributed by atoms with Crippen molar-refractivity contribution in [1.29, 1.82) is 0 Å². The lowest BCUT2D eigenvalue weighted by Crippen LogP contribution is -2.51. The summed E-state index contributed by atoms with van der Waals surface area (Å²) in [6, 6.07) is 29.6. The van der Waals surface area contributed by atoms with E-state index in [-0.39, 0.29) is 24.2 Å². The van der Waals surface area contributed by atoms with Gasteiger partial charge in [-0.1, -0.05) is 97.9 Å². The van der Waals surface area contributed by atoms with Gasteiger partial charge in [0.05, 0.1) is 0 Å². The molecule has 3 aromatic carbocycles. The summed E-state index contributed by atoms with van der Waals surface area (Å²) in [5, 5.41) is 0. The van der Waals surface area contributed by atoms with Crippen LogP contribution in [-0.4, -0.2) is 16.7 Å². The van der Waals surface area contributed by atoms with Crippen LogP contribution in [0.4, 0.5) is 0 Å². The highest BCUT2D eigenvalue weighted by molar-refractivity contribution is 6.05. The minimum atomic E-state index is -0.984. The molecule has 1 unspecified atom stereocenters. The number of imide groups is 1. The molecule has 0 saturated carbocycles. The number of nitrogens with zero attached hydrogens (tertiary/aromatic N) is 1. The zero-order valence-corrected chi connectivity index (χ0v) is 15.9. The molecule has 0 spiro atoms. The lowest BCUT2D eigenvalue weighted by molar-refractivity contribution is -0.144. The monoisotopic (exact) mass is 369 g/mol. The van der Waals surface area contributed by atoms with Crippen LogP contribution in [0.5, 0.6) is 0 Å². The highest BCUT2D eigenvalue weighted by atomic mass is 16.2. The van der Waals surface area contributed by atoms with Crippen molar-refractivity contribution in [2.45, 2.75) is 25.3 Å². The first-order valence-electron chi connectivity index (χ1n) is 9.73. The number of carbonyl (C=O) groups excluding carboxylic acids is 2. The zero-order valence-electron chi connectivity index (χ0n) is 15.9. The maximum absolute atomic E-state index is 13.4. The predicted octanol–water partition coefficient (Wildman–Crippen LogP) is 4.76. The molecule has 1 saturated heterocycles. The Labute approximate surface area is 165 Å². The normalized spacial score (nSPS) is 17.2. The Morgan fingerprint density at radius 1 is 0.750 bits per heavy atom. The lowest BCUT2D eigenvalue weighted by Gasteiger charge is -2.42. The fourth-order valence-electron chi connectivity index (χ4n) is 4.29. The van der Waals surface area contributed by atoms with Crippen LogP contribution in [0, 0.1) is 5.92 Å². The van der Waals surface area contributed by atoms with Gasteiger partial charge in [-0.3, -0.25) is 14.5 Å². The maximum Gasteiger partial charge on any atom is 0.234 e. The highest BCUT2D eigenvalue weighted by Crippen LogP contribution is 2.45. The van der Waals surface area contributed by atoms with Crippen LogP contribution in [0.2, 0.25) is 0 Å². The molecule has 28 heavy (non-hydrogen) atoms. The summed E-state index contributed by atoms with van der Waals surface area (Å²) < 4.78 is 0. The Bertz CT molecular complexity index is 871. The summed E-state index contributed by atoms with van der Waals surface area (Å²) in [6.07, 6.45) is 0.930.